The topological polar surface area (TPSA) is 69.1 Å². The van der Waals surface area contributed by atoms with Crippen LogP contribution in [0.4, 0.5) is 5.69 Å². The normalized spacial score (nSPS) is 9.70. The van der Waals surface area contributed by atoms with Crippen molar-refractivity contribution >= 4 is 22.9 Å². The minimum absolute atomic E-state index is 0.433. The first-order chi connectivity index (χ1) is 4.63. The summed E-state index contributed by atoms with van der Waals surface area (Å²) < 4.78 is 0. The third kappa shape index (κ3) is 0.974. The number of nitrogens with two attached hydrogens (primary N) is 2. The predicted molar refractivity (Wildman–Crippen MR) is 42.0 cm³/mol. The maximum absolute atomic E-state index is 10.6. The SMILES string of the molecule is Cc1scc(C(N)=O)c1N. The molecule has 0 fully saturated rings. The zero-order valence-electron chi connectivity index (χ0n) is 5.55. The standard InChI is InChI=1S/C6H8N2OS/c1-3-5(7)4(2-10-3)6(8)9/h2H,7H2,1H3,(H2,8,9). The molecule has 3 nitrogen and oxygen atoms in total. The smallest absolute Gasteiger partial charge is 0.251 e. The highest BCUT2D eigenvalue weighted by Gasteiger charge is 2.08. The first-order valence-corrected chi connectivity index (χ1v) is 3.64. The van der Waals surface area contributed by atoms with Crippen molar-refractivity contribution in [1.82, 2.24) is 0 Å². The van der Waals surface area contributed by atoms with Crippen LogP contribution < -0.4 is 11.5 Å². The second-order valence-electron chi connectivity index (χ2n) is 1.98. The van der Waals surface area contributed by atoms with Gasteiger partial charge in [-0.05, 0) is 6.92 Å². The van der Waals surface area contributed by atoms with Gasteiger partial charge in [0.2, 0.25) is 0 Å². The molecule has 4 N–H and O–H groups in total. The van der Waals surface area contributed by atoms with Gasteiger partial charge in [-0.15, -0.1) is 11.3 Å². The number of rotatable bonds is 1. The Morgan fingerprint density at radius 1 is 1.70 bits per heavy atom. The Labute approximate surface area is 62.6 Å². The molecular weight excluding hydrogens is 148 g/mol. The van der Waals surface area contributed by atoms with Crippen LogP contribution in [-0.4, -0.2) is 5.91 Å². The van der Waals surface area contributed by atoms with E-state index in [1.807, 2.05) is 6.92 Å². The molecule has 4 heteroatoms. The van der Waals surface area contributed by atoms with Crippen molar-refractivity contribution in [2.45, 2.75) is 6.92 Å². The number of hydrogen-bond acceptors (Lipinski definition) is 3. The summed E-state index contributed by atoms with van der Waals surface area (Å²) in [6, 6.07) is 0. The molecule has 1 rings (SSSR count). The van der Waals surface area contributed by atoms with E-state index < -0.39 is 5.91 Å². The number of primary amides is 1. The zero-order chi connectivity index (χ0) is 7.72. The average Bonchev–Trinajstić information content (AvgIpc) is 2.14. The number of carbonyl (C=O) groups excluding carboxylic acids is 1. The van der Waals surface area contributed by atoms with Gasteiger partial charge in [0, 0.05) is 10.3 Å². The number of thiophene rings is 1. The monoisotopic (exact) mass is 156 g/mol. The van der Waals surface area contributed by atoms with Gasteiger partial charge in [-0.3, -0.25) is 4.79 Å². The van der Waals surface area contributed by atoms with Gasteiger partial charge >= 0.3 is 0 Å². The summed E-state index contributed by atoms with van der Waals surface area (Å²) in [5, 5.41) is 1.67. The van der Waals surface area contributed by atoms with Crippen molar-refractivity contribution in [2.24, 2.45) is 5.73 Å². The highest BCUT2D eigenvalue weighted by Crippen LogP contribution is 2.22. The summed E-state index contributed by atoms with van der Waals surface area (Å²) in [6.45, 7) is 1.85. The van der Waals surface area contributed by atoms with E-state index in [-0.39, 0.29) is 0 Å². The molecule has 1 aromatic heterocycles. The molecule has 1 heterocycles. The van der Waals surface area contributed by atoms with Crippen LogP contribution in [0.1, 0.15) is 15.2 Å². The predicted octanol–water partition coefficient (Wildman–Crippen LogP) is 0.738. The molecule has 0 aliphatic heterocycles. The fraction of sp³-hybridized carbons (Fsp3) is 0.167. The van der Waals surface area contributed by atoms with Gasteiger partial charge in [0.1, 0.15) is 0 Å². The third-order valence-electron chi connectivity index (χ3n) is 1.29. The number of amides is 1. The molecule has 0 radical (unpaired) electrons. The van der Waals surface area contributed by atoms with Gasteiger partial charge in [0.15, 0.2) is 0 Å². The zero-order valence-corrected chi connectivity index (χ0v) is 6.37. The molecule has 0 saturated carbocycles. The van der Waals surface area contributed by atoms with E-state index in [0.717, 1.165) is 4.88 Å². The minimum Gasteiger partial charge on any atom is -0.397 e. The van der Waals surface area contributed by atoms with Crippen LogP contribution in [0, 0.1) is 6.92 Å². The van der Waals surface area contributed by atoms with E-state index in [2.05, 4.69) is 0 Å². The summed E-state index contributed by atoms with van der Waals surface area (Å²) in [4.78, 5) is 11.5. The number of carbonyl (C=O) groups is 1. The lowest BCUT2D eigenvalue weighted by Gasteiger charge is -1.91. The lowest BCUT2D eigenvalue weighted by molar-refractivity contribution is 0.100. The quantitative estimate of drug-likeness (QED) is 0.629. The van der Waals surface area contributed by atoms with E-state index in [1.54, 1.807) is 5.38 Å². The molecule has 0 unspecified atom stereocenters. The summed E-state index contributed by atoms with van der Waals surface area (Å²) in [6.07, 6.45) is 0. The Kier molecular flexibility index (Phi) is 1.63. The van der Waals surface area contributed by atoms with Crippen LogP contribution in [-0.2, 0) is 0 Å². The lowest BCUT2D eigenvalue weighted by atomic mass is 10.2. The fourth-order valence-corrected chi connectivity index (χ4v) is 1.43. The molecule has 1 aromatic rings. The van der Waals surface area contributed by atoms with E-state index in [4.69, 9.17) is 11.5 Å². The van der Waals surface area contributed by atoms with Crippen LogP contribution in [0.15, 0.2) is 5.38 Å². The Hall–Kier alpha value is -1.03. The highest BCUT2D eigenvalue weighted by atomic mass is 32.1. The molecule has 0 aromatic carbocycles. The number of aryl methyl sites for hydroxylation is 1. The Morgan fingerprint density at radius 3 is 2.50 bits per heavy atom. The Balaban J connectivity index is 3.17. The van der Waals surface area contributed by atoms with E-state index in [1.165, 1.54) is 11.3 Å². The summed E-state index contributed by atoms with van der Waals surface area (Å²) in [5.41, 5.74) is 11.5. The van der Waals surface area contributed by atoms with Crippen LogP contribution in [0.2, 0.25) is 0 Å². The first-order valence-electron chi connectivity index (χ1n) is 2.76. The lowest BCUT2D eigenvalue weighted by Crippen LogP contribution is -2.11. The van der Waals surface area contributed by atoms with Gasteiger partial charge in [0.25, 0.3) is 5.91 Å². The Morgan fingerprint density at radius 2 is 2.30 bits per heavy atom. The molecule has 0 atom stereocenters. The summed E-state index contributed by atoms with van der Waals surface area (Å²) in [5.74, 6) is -0.457. The van der Waals surface area contributed by atoms with Crippen molar-refractivity contribution in [3.05, 3.63) is 15.8 Å². The molecule has 0 bridgehead atoms. The van der Waals surface area contributed by atoms with Gasteiger partial charge in [-0.1, -0.05) is 0 Å². The molecule has 54 valence electrons. The minimum atomic E-state index is -0.457. The van der Waals surface area contributed by atoms with Gasteiger partial charge in [-0.25, -0.2) is 0 Å². The average molecular weight is 156 g/mol. The van der Waals surface area contributed by atoms with Crippen LogP contribution in [0.5, 0.6) is 0 Å². The first kappa shape index (κ1) is 7.08. The maximum Gasteiger partial charge on any atom is 0.251 e. The van der Waals surface area contributed by atoms with E-state index in [9.17, 15) is 4.79 Å². The Bertz CT molecular complexity index is 267. The molecular formula is C6H8N2OS. The van der Waals surface area contributed by atoms with Gasteiger partial charge < -0.3 is 11.5 Å². The molecule has 0 aliphatic carbocycles. The van der Waals surface area contributed by atoms with Crippen LogP contribution in [0.3, 0.4) is 0 Å². The van der Waals surface area contributed by atoms with Gasteiger partial charge in [-0.2, -0.15) is 0 Å². The van der Waals surface area contributed by atoms with Crippen molar-refractivity contribution in [2.75, 3.05) is 5.73 Å². The highest BCUT2D eigenvalue weighted by molar-refractivity contribution is 7.10. The van der Waals surface area contributed by atoms with Crippen LogP contribution >= 0.6 is 11.3 Å². The largest absolute Gasteiger partial charge is 0.397 e. The van der Waals surface area contributed by atoms with Gasteiger partial charge in [0.05, 0.1) is 11.3 Å². The van der Waals surface area contributed by atoms with Crippen molar-refractivity contribution in [3.63, 3.8) is 0 Å². The molecule has 1 amide bonds. The number of hydrogen-bond donors (Lipinski definition) is 2. The number of anilines is 1. The maximum atomic E-state index is 10.6. The third-order valence-corrected chi connectivity index (χ3v) is 2.22. The molecule has 0 aliphatic rings. The molecule has 10 heavy (non-hydrogen) atoms. The summed E-state index contributed by atoms with van der Waals surface area (Å²) in [7, 11) is 0. The van der Waals surface area contributed by atoms with E-state index >= 15 is 0 Å². The second kappa shape index (κ2) is 2.30. The van der Waals surface area contributed by atoms with Crippen molar-refractivity contribution in [1.29, 1.82) is 0 Å². The molecule has 0 saturated heterocycles. The summed E-state index contributed by atoms with van der Waals surface area (Å²) >= 11 is 1.43. The van der Waals surface area contributed by atoms with Crippen LogP contribution in [0.25, 0.3) is 0 Å². The van der Waals surface area contributed by atoms with E-state index in [0.29, 0.717) is 11.3 Å². The van der Waals surface area contributed by atoms with Crippen molar-refractivity contribution in [3.8, 4) is 0 Å². The fourth-order valence-electron chi connectivity index (χ4n) is 0.655. The number of nitrogen functional groups attached to an aromatic ring is 1. The second-order valence-corrected chi connectivity index (χ2v) is 3.07. The van der Waals surface area contributed by atoms with Crippen molar-refractivity contribution < 1.29 is 4.79 Å². The molecule has 0 spiro atoms.